The molecule has 2 aromatic rings. The van der Waals surface area contributed by atoms with Crippen LogP contribution in [-0.2, 0) is 4.79 Å². The quantitative estimate of drug-likeness (QED) is 0.595. The normalized spacial score (nSPS) is 20.0. The molecule has 0 saturated carbocycles. The lowest BCUT2D eigenvalue weighted by Gasteiger charge is -2.16. The summed E-state index contributed by atoms with van der Waals surface area (Å²) >= 11 is 3.10. The van der Waals surface area contributed by atoms with Crippen LogP contribution in [0.25, 0.3) is 0 Å². The summed E-state index contributed by atoms with van der Waals surface area (Å²) in [7, 11) is 3.65. The summed E-state index contributed by atoms with van der Waals surface area (Å²) in [5.74, 6) is 0.726. The molecule has 150 valence electrons. The molecule has 29 heavy (non-hydrogen) atoms. The molecule has 0 atom stereocenters. The molecule has 0 aromatic heterocycles. The minimum Gasteiger partial charge on any atom is -0.494 e. The Morgan fingerprint density at radius 1 is 1.07 bits per heavy atom. The van der Waals surface area contributed by atoms with Crippen molar-refractivity contribution in [2.45, 2.75) is 24.7 Å². The van der Waals surface area contributed by atoms with Crippen LogP contribution in [0, 0.1) is 0 Å². The lowest BCUT2D eigenvalue weighted by molar-refractivity contribution is -0.122. The molecular formula is C22H23N3O2S2. The van der Waals surface area contributed by atoms with E-state index in [4.69, 9.17) is 9.73 Å². The molecule has 1 saturated heterocycles. The van der Waals surface area contributed by atoms with Crippen LogP contribution in [0.3, 0.4) is 0 Å². The topological polar surface area (TPSA) is 45.1 Å². The van der Waals surface area contributed by atoms with Crippen molar-refractivity contribution in [2.75, 3.05) is 25.6 Å². The van der Waals surface area contributed by atoms with Crippen LogP contribution in [0.2, 0.25) is 0 Å². The number of ether oxygens (including phenoxy) is 1. The highest BCUT2D eigenvalue weighted by Gasteiger charge is 2.38. The number of hydrogen-bond donors (Lipinski definition) is 0. The van der Waals surface area contributed by atoms with E-state index in [1.807, 2.05) is 43.4 Å². The largest absolute Gasteiger partial charge is 0.494 e. The molecule has 2 aromatic carbocycles. The average Bonchev–Trinajstić information content (AvgIpc) is 3.23. The number of methoxy groups -OCH3 is 1. The molecule has 0 bridgehead atoms. The number of rotatable bonds is 5. The van der Waals surface area contributed by atoms with Gasteiger partial charge in [-0.05, 0) is 42.4 Å². The molecule has 4 rings (SSSR count). The maximum atomic E-state index is 13.3. The Bertz CT molecular complexity index is 1000. The third kappa shape index (κ3) is 3.76. The molecular weight excluding hydrogens is 402 g/mol. The molecule has 5 nitrogen and oxygen atoms in total. The number of carbonyl (C=O) groups excluding carboxylic acids is 1. The smallest absolute Gasteiger partial charge is 0.269 e. The van der Waals surface area contributed by atoms with Crippen LogP contribution in [0.5, 0.6) is 5.75 Å². The number of anilines is 1. The average molecular weight is 426 g/mol. The second-order valence-electron chi connectivity index (χ2n) is 6.74. The first-order chi connectivity index (χ1) is 14.1. The number of carbonyl (C=O) groups is 1. The monoisotopic (exact) mass is 425 g/mol. The van der Waals surface area contributed by atoms with Gasteiger partial charge < -0.3 is 9.64 Å². The molecule has 2 aliphatic rings. The summed E-state index contributed by atoms with van der Waals surface area (Å²) < 4.78 is 5.44. The van der Waals surface area contributed by atoms with E-state index in [-0.39, 0.29) is 5.91 Å². The maximum absolute atomic E-state index is 13.3. The summed E-state index contributed by atoms with van der Waals surface area (Å²) in [6.07, 6.45) is 1.95. The third-order valence-corrected chi connectivity index (χ3v) is 7.26. The van der Waals surface area contributed by atoms with E-state index in [9.17, 15) is 4.79 Å². The van der Waals surface area contributed by atoms with Gasteiger partial charge in [0.25, 0.3) is 5.91 Å². The molecule has 0 unspecified atom stereocenters. The summed E-state index contributed by atoms with van der Waals surface area (Å²) in [4.78, 5) is 24.0. The van der Waals surface area contributed by atoms with Crippen LogP contribution in [-0.4, -0.2) is 36.7 Å². The Morgan fingerprint density at radius 2 is 1.83 bits per heavy atom. The fraction of sp³-hybridized carbons (Fsp3) is 0.273. The summed E-state index contributed by atoms with van der Waals surface area (Å²) in [5, 5.41) is 1.67. The number of thioether (sulfide) groups is 2. The first-order valence-corrected chi connectivity index (χ1v) is 11.2. The first kappa shape index (κ1) is 19.9. The Labute approximate surface area is 179 Å². The second kappa shape index (κ2) is 8.55. The van der Waals surface area contributed by atoms with Crippen molar-refractivity contribution >= 4 is 46.0 Å². The van der Waals surface area contributed by atoms with Gasteiger partial charge in [0.2, 0.25) is 0 Å². The molecule has 2 aliphatic heterocycles. The van der Waals surface area contributed by atoms with Crippen molar-refractivity contribution in [3.8, 4) is 5.75 Å². The Morgan fingerprint density at radius 3 is 2.59 bits per heavy atom. The molecule has 0 radical (unpaired) electrons. The fourth-order valence-electron chi connectivity index (χ4n) is 3.26. The van der Waals surface area contributed by atoms with Gasteiger partial charge in [0, 0.05) is 18.5 Å². The molecule has 0 aliphatic carbocycles. The van der Waals surface area contributed by atoms with Crippen molar-refractivity contribution < 1.29 is 9.53 Å². The third-order valence-electron chi connectivity index (χ3n) is 4.83. The zero-order valence-corrected chi connectivity index (χ0v) is 18.3. The number of amidine groups is 1. The van der Waals surface area contributed by atoms with Gasteiger partial charge in [-0.25, -0.2) is 4.99 Å². The minimum absolute atomic E-state index is 0.0271. The lowest BCUT2D eigenvalue weighted by Crippen LogP contribution is -2.30. The lowest BCUT2D eigenvalue weighted by atomic mass is 10.3. The Balaban J connectivity index is 1.74. The van der Waals surface area contributed by atoms with Crippen molar-refractivity contribution in [2.24, 2.45) is 4.99 Å². The number of fused-ring (bicyclic) bond motifs is 1. The Kier molecular flexibility index (Phi) is 5.87. The van der Waals surface area contributed by atoms with Gasteiger partial charge in [0.15, 0.2) is 5.17 Å². The van der Waals surface area contributed by atoms with Crippen molar-refractivity contribution in [1.29, 1.82) is 0 Å². The van der Waals surface area contributed by atoms with Gasteiger partial charge >= 0.3 is 0 Å². The summed E-state index contributed by atoms with van der Waals surface area (Å²) in [6, 6.07) is 15.9. The van der Waals surface area contributed by atoms with Crippen LogP contribution < -0.4 is 9.64 Å². The van der Waals surface area contributed by atoms with E-state index in [0.29, 0.717) is 17.5 Å². The van der Waals surface area contributed by atoms with Crippen LogP contribution in [0.4, 0.5) is 11.4 Å². The number of para-hydroxylation sites is 3. The van der Waals surface area contributed by atoms with Gasteiger partial charge in [0.1, 0.15) is 16.3 Å². The molecule has 2 heterocycles. The zero-order valence-electron chi connectivity index (χ0n) is 16.7. The van der Waals surface area contributed by atoms with E-state index in [0.717, 1.165) is 34.2 Å². The highest BCUT2D eigenvalue weighted by Crippen LogP contribution is 2.50. The summed E-state index contributed by atoms with van der Waals surface area (Å²) in [6.45, 7) is 2.79. The predicted molar refractivity (Wildman–Crippen MR) is 122 cm³/mol. The molecule has 1 fully saturated rings. The Hall–Kier alpha value is -2.38. The fourth-order valence-corrected chi connectivity index (χ4v) is 5.62. The molecule has 0 N–H and O–H groups in total. The number of hydrogen-bond acceptors (Lipinski definition) is 6. The number of aliphatic imine (C=N–C) groups is 1. The van der Waals surface area contributed by atoms with E-state index < -0.39 is 0 Å². The van der Waals surface area contributed by atoms with Gasteiger partial charge in [-0.2, -0.15) is 0 Å². The van der Waals surface area contributed by atoms with Gasteiger partial charge in [-0.1, -0.05) is 49.4 Å². The van der Waals surface area contributed by atoms with E-state index in [1.165, 1.54) is 16.7 Å². The minimum atomic E-state index is 0.0271. The SMILES string of the molecule is CCCCN1C(=O)/C(=C2/Sc3ccccc3N2C)SC1=Nc1ccccc1OC. The molecule has 1 amide bonds. The van der Waals surface area contributed by atoms with Gasteiger partial charge in [-0.3, -0.25) is 9.69 Å². The number of amides is 1. The highest BCUT2D eigenvalue weighted by atomic mass is 32.2. The van der Waals surface area contributed by atoms with Crippen molar-refractivity contribution in [1.82, 2.24) is 4.90 Å². The van der Waals surface area contributed by atoms with Crippen LogP contribution in [0.1, 0.15) is 19.8 Å². The number of nitrogens with zero attached hydrogens (tertiary/aromatic N) is 3. The van der Waals surface area contributed by atoms with Gasteiger partial charge in [-0.15, -0.1) is 0 Å². The highest BCUT2D eigenvalue weighted by molar-refractivity contribution is 8.19. The molecule has 0 spiro atoms. The van der Waals surface area contributed by atoms with Gasteiger partial charge in [0.05, 0.1) is 17.8 Å². The van der Waals surface area contributed by atoms with E-state index >= 15 is 0 Å². The number of benzene rings is 2. The molecule has 7 heteroatoms. The van der Waals surface area contributed by atoms with E-state index in [2.05, 4.69) is 24.0 Å². The van der Waals surface area contributed by atoms with E-state index in [1.54, 1.807) is 23.8 Å². The zero-order chi connectivity index (χ0) is 20.4. The van der Waals surface area contributed by atoms with Crippen LogP contribution in [0.15, 0.2) is 68.4 Å². The number of unbranched alkanes of at least 4 members (excludes halogenated alkanes) is 1. The maximum Gasteiger partial charge on any atom is 0.269 e. The first-order valence-electron chi connectivity index (χ1n) is 9.60. The van der Waals surface area contributed by atoms with Crippen molar-refractivity contribution in [3.05, 3.63) is 58.5 Å². The standard InChI is InChI=1S/C22H23N3O2S2/c1-4-5-14-25-20(26)19(21-24(2)16-11-7-9-13-18(16)28-21)29-22(25)23-15-10-6-8-12-17(15)27-3/h6-13H,4-5,14H2,1-3H3/b21-19-,23-22?. The second-order valence-corrected chi connectivity index (χ2v) is 8.75. The van der Waals surface area contributed by atoms with Crippen LogP contribution >= 0.6 is 23.5 Å². The predicted octanol–water partition coefficient (Wildman–Crippen LogP) is 5.47. The van der Waals surface area contributed by atoms with Crippen molar-refractivity contribution in [3.63, 3.8) is 0 Å². The summed E-state index contributed by atoms with van der Waals surface area (Å²) in [5.41, 5.74) is 1.86.